The average Bonchev–Trinajstić information content (AvgIpc) is 3.06. The molecular formula is C16H13N5O2. The number of nitrogens with zero attached hydrogens (tertiary/aromatic N) is 2. The zero-order valence-electron chi connectivity index (χ0n) is 12.0. The minimum Gasteiger partial charge on any atom is -0.366 e. The fraction of sp³-hybridized carbons (Fsp3) is 0. The first-order valence-electron chi connectivity index (χ1n) is 6.80. The van der Waals surface area contributed by atoms with E-state index in [4.69, 9.17) is 5.73 Å². The highest BCUT2D eigenvalue weighted by molar-refractivity contribution is 6.03. The molecule has 7 nitrogen and oxygen atoms in total. The highest BCUT2D eigenvalue weighted by Gasteiger charge is 2.11. The molecule has 2 aromatic heterocycles. The van der Waals surface area contributed by atoms with Gasteiger partial charge >= 0.3 is 0 Å². The summed E-state index contributed by atoms with van der Waals surface area (Å²) in [5.74, 6) is -0.850. The number of nitrogens with one attached hydrogen (secondary N) is 2. The molecule has 0 saturated carbocycles. The van der Waals surface area contributed by atoms with Crippen LogP contribution in [0.1, 0.15) is 20.8 Å². The fourth-order valence-electron chi connectivity index (χ4n) is 2.02. The van der Waals surface area contributed by atoms with Gasteiger partial charge in [0.25, 0.3) is 5.91 Å². The van der Waals surface area contributed by atoms with E-state index in [2.05, 4.69) is 20.5 Å². The molecule has 0 unspecified atom stereocenters. The molecule has 0 aliphatic heterocycles. The van der Waals surface area contributed by atoms with Crippen LogP contribution in [0.25, 0.3) is 11.3 Å². The van der Waals surface area contributed by atoms with E-state index in [0.717, 1.165) is 5.56 Å². The lowest BCUT2D eigenvalue weighted by molar-refractivity contribution is 0.0998. The van der Waals surface area contributed by atoms with Gasteiger partial charge < -0.3 is 11.1 Å². The van der Waals surface area contributed by atoms with Gasteiger partial charge in [-0.1, -0.05) is 0 Å². The van der Waals surface area contributed by atoms with Crippen molar-refractivity contribution in [2.45, 2.75) is 0 Å². The lowest BCUT2D eigenvalue weighted by atomic mass is 10.2. The van der Waals surface area contributed by atoms with Crippen molar-refractivity contribution < 1.29 is 9.59 Å². The van der Waals surface area contributed by atoms with Crippen molar-refractivity contribution >= 4 is 17.5 Å². The smallest absolute Gasteiger partial charge is 0.273 e. The van der Waals surface area contributed by atoms with Crippen LogP contribution in [0, 0.1) is 0 Å². The normalized spacial score (nSPS) is 10.3. The monoisotopic (exact) mass is 307 g/mol. The molecule has 4 N–H and O–H groups in total. The fourth-order valence-corrected chi connectivity index (χ4v) is 2.02. The van der Waals surface area contributed by atoms with E-state index < -0.39 is 5.91 Å². The largest absolute Gasteiger partial charge is 0.366 e. The van der Waals surface area contributed by atoms with E-state index in [-0.39, 0.29) is 5.91 Å². The maximum atomic E-state index is 12.2. The topological polar surface area (TPSA) is 114 Å². The summed E-state index contributed by atoms with van der Waals surface area (Å²) in [6.45, 7) is 0. The molecule has 114 valence electrons. The number of carbonyl (C=O) groups excluding carboxylic acids is 2. The van der Waals surface area contributed by atoms with Crippen LogP contribution in [0.5, 0.6) is 0 Å². The Balaban J connectivity index is 1.74. The molecule has 23 heavy (non-hydrogen) atoms. The lowest BCUT2D eigenvalue weighted by Crippen LogP contribution is -2.13. The number of aromatic amines is 1. The van der Waals surface area contributed by atoms with E-state index >= 15 is 0 Å². The number of carbonyl (C=O) groups is 2. The third kappa shape index (κ3) is 3.24. The Morgan fingerprint density at radius 1 is 1.13 bits per heavy atom. The third-order valence-corrected chi connectivity index (χ3v) is 3.21. The standard InChI is InChI=1S/C16H13N5O2/c17-15(22)10-3-5-12(6-4-10)19-16(23)14-8-13(20-21-14)11-2-1-7-18-9-11/h1-9H,(H2,17,22)(H,19,23)(H,20,21). The second-order valence-corrected chi connectivity index (χ2v) is 4.80. The Hall–Kier alpha value is -3.48. The van der Waals surface area contributed by atoms with Crippen LogP contribution in [-0.4, -0.2) is 27.0 Å². The molecule has 0 saturated heterocycles. The summed E-state index contributed by atoms with van der Waals surface area (Å²) in [5, 5.41) is 9.50. The molecule has 2 heterocycles. The minimum atomic E-state index is -0.516. The quantitative estimate of drug-likeness (QED) is 0.682. The van der Waals surface area contributed by atoms with Crippen LogP contribution in [0.4, 0.5) is 5.69 Å². The van der Waals surface area contributed by atoms with Gasteiger partial charge in [-0.25, -0.2) is 0 Å². The molecule has 0 aliphatic rings. The molecule has 1 aromatic carbocycles. The van der Waals surface area contributed by atoms with Crippen LogP contribution in [0.15, 0.2) is 54.9 Å². The number of pyridine rings is 1. The molecule has 3 aromatic rings. The van der Waals surface area contributed by atoms with Crippen molar-refractivity contribution in [1.29, 1.82) is 0 Å². The van der Waals surface area contributed by atoms with Crippen molar-refractivity contribution in [3.63, 3.8) is 0 Å². The molecule has 0 atom stereocenters. The van der Waals surface area contributed by atoms with Gasteiger partial charge in [0.05, 0.1) is 5.69 Å². The van der Waals surface area contributed by atoms with Gasteiger partial charge in [0.15, 0.2) is 0 Å². The summed E-state index contributed by atoms with van der Waals surface area (Å²) in [6, 6.07) is 11.6. The highest BCUT2D eigenvalue weighted by atomic mass is 16.2. The van der Waals surface area contributed by atoms with Gasteiger partial charge in [-0.2, -0.15) is 5.10 Å². The molecule has 0 bridgehead atoms. The summed E-state index contributed by atoms with van der Waals surface area (Å²) in [5.41, 5.74) is 7.87. The second-order valence-electron chi connectivity index (χ2n) is 4.80. The van der Waals surface area contributed by atoms with Gasteiger partial charge in [-0.05, 0) is 42.5 Å². The van der Waals surface area contributed by atoms with E-state index in [1.807, 2.05) is 6.07 Å². The molecule has 0 radical (unpaired) electrons. The number of aromatic nitrogens is 3. The third-order valence-electron chi connectivity index (χ3n) is 3.21. The number of hydrogen-bond donors (Lipinski definition) is 3. The molecule has 0 spiro atoms. The van der Waals surface area contributed by atoms with Gasteiger partial charge in [-0.3, -0.25) is 19.7 Å². The first-order valence-corrected chi connectivity index (χ1v) is 6.80. The van der Waals surface area contributed by atoms with Gasteiger partial charge in [-0.15, -0.1) is 0 Å². The summed E-state index contributed by atoms with van der Waals surface area (Å²) >= 11 is 0. The summed E-state index contributed by atoms with van der Waals surface area (Å²) in [4.78, 5) is 27.2. The van der Waals surface area contributed by atoms with Crippen LogP contribution in [0.2, 0.25) is 0 Å². The zero-order valence-corrected chi connectivity index (χ0v) is 12.0. The van der Waals surface area contributed by atoms with Gasteiger partial charge in [0, 0.05) is 29.2 Å². The lowest BCUT2D eigenvalue weighted by Gasteiger charge is -2.03. The maximum Gasteiger partial charge on any atom is 0.273 e. The van der Waals surface area contributed by atoms with Crippen molar-refractivity contribution in [2.24, 2.45) is 5.73 Å². The number of H-pyrrole nitrogens is 1. The molecular weight excluding hydrogens is 294 g/mol. The maximum absolute atomic E-state index is 12.2. The first-order chi connectivity index (χ1) is 11.1. The number of hydrogen-bond acceptors (Lipinski definition) is 4. The van der Waals surface area contributed by atoms with Gasteiger partial charge in [0.1, 0.15) is 5.69 Å². The first kappa shape index (κ1) is 14.5. The Bertz CT molecular complexity index is 840. The van der Waals surface area contributed by atoms with Gasteiger partial charge in [0.2, 0.25) is 5.91 Å². The Labute approximate surface area is 131 Å². The highest BCUT2D eigenvalue weighted by Crippen LogP contribution is 2.17. The number of rotatable bonds is 4. The van der Waals surface area contributed by atoms with E-state index in [0.29, 0.717) is 22.6 Å². The average molecular weight is 307 g/mol. The summed E-state index contributed by atoms with van der Waals surface area (Å²) in [7, 11) is 0. The van der Waals surface area contributed by atoms with Crippen molar-refractivity contribution in [2.75, 3.05) is 5.32 Å². The summed E-state index contributed by atoms with van der Waals surface area (Å²) < 4.78 is 0. The van der Waals surface area contributed by atoms with Crippen LogP contribution in [-0.2, 0) is 0 Å². The molecule has 7 heteroatoms. The number of anilines is 1. The number of primary amides is 1. The molecule has 2 amide bonds. The Kier molecular flexibility index (Phi) is 3.84. The van der Waals surface area contributed by atoms with E-state index in [1.54, 1.807) is 48.8 Å². The van der Waals surface area contributed by atoms with Crippen molar-refractivity contribution in [3.05, 3.63) is 66.1 Å². The number of amides is 2. The number of nitrogens with two attached hydrogens (primary N) is 1. The van der Waals surface area contributed by atoms with Crippen LogP contribution in [0.3, 0.4) is 0 Å². The van der Waals surface area contributed by atoms with Crippen molar-refractivity contribution in [1.82, 2.24) is 15.2 Å². The van der Waals surface area contributed by atoms with E-state index in [9.17, 15) is 9.59 Å². The van der Waals surface area contributed by atoms with Crippen LogP contribution < -0.4 is 11.1 Å². The van der Waals surface area contributed by atoms with E-state index in [1.165, 1.54) is 0 Å². The predicted molar refractivity (Wildman–Crippen MR) is 84.7 cm³/mol. The number of benzene rings is 1. The predicted octanol–water partition coefficient (Wildman–Crippen LogP) is 1.82. The summed E-state index contributed by atoms with van der Waals surface area (Å²) in [6.07, 6.45) is 3.33. The molecule has 0 fully saturated rings. The molecule has 0 aliphatic carbocycles. The minimum absolute atomic E-state index is 0.322. The second kappa shape index (κ2) is 6.10. The SMILES string of the molecule is NC(=O)c1ccc(NC(=O)c2cc(-c3cccnc3)n[nH]2)cc1. The Morgan fingerprint density at radius 2 is 1.91 bits per heavy atom. The van der Waals surface area contributed by atoms with Crippen LogP contribution >= 0.6 is 0 Å². The molecule has 3 rings (SSSR count). The zero-order chi connectivity index (χ0) is 16.2. The Morgan fingerprint density at radius 3 is 2.57 bits per heavy atom. The van der Waals surface area contributed by atoms with Crippen molar-refractivity contribution in [3.8, 4) is 11.3 Å².